The molecule has 1 aromatic carbocycles. The molecule has 2 rings (SSSR count). The van der Waals surface area contributed by atoms with E-state index in [-0.39, 0.29) is 18.1 Å². The number of aryl methyl sites for hydroxylation is 2. The molecule has 0 bridgehead atoms. The van der Waals surface area contributed by atoms with E-state index in [1.54, 1.807) is 7.11 Å². The fraction of sp³-hybridized carbons (Fsp3) is 0.533. The third kappa shape index (κ3) is 3.78. The molecule has 0 aliphatic carbocycles. The van der Waals surface area contributed by atoms with Crippen LogP contribution in [0.4, 0.5) is 0 Å². The molecular formula is C15H22N2O2. The van der Waals surface area contributed by atoms with Gasteiger partial charge in [-0.15, -0.1) is 0 Å². The minimum Gasteiger partial charge on any atom is -0.378 e. The van der Waals surface area contributed by atoms with Gasteiger partial charge in [0.15, 0.2) is 0 Å². The number of carbonyl (C=O) groups is 1. The topological polar surface area (TPSA) is 50.4 Å². The van der Waals surface area contributed by atoms with Crippen LogP contribution < -0.4 is 10.6 Å². The molecular weight excluding hydrogens is 240 g/mol. The number of methoxy groups -OCH3 is 1. The summed E-state index contributed by atoms with van der Waals surface area (Å²) >= 11 is 0. The van der Waals surface area contributed by atoms with Gasteiger partial charge in [0.2, 0.25) is 5.91 Å². The average molecular weight is 262 g/mol. The summed E-state index contributed by atoms with van der Waals surface area (Å²) in [6.07, 6.45) is 1.40. The van der Waals surface area contributed by atoms with Crippen LogP contribution in [-0.2, 0) is 16.0 Å². The van der Waals surface area contributed by atoms with Gasteiger partial charge in [0.05, 0.1) is 12.1 Å². The summed E-state index contributed by atoms with van der Waals surface area (Å²) in [5.74, 6) is 0.0963. The fourth-order valence-corrected chi connectivity index (χ4v) is 2.46. The number of rotatable bonds is 5. The smallest absolute Gasteiger partial charge is 0.220 e. The highest BCUT2D eigenvalue weighted by Crippen LogP contribution is 2.10. The van der Waals surface area contributed by atoms with E-state index in [4.69, 9.17) is 4.74 Å². The zero-order valence-corrected chi connectivity index (χ0v) is 11.6. The van der Waals surface area contributed by atoms with E-state index < -0.39 is 0 Å². The van der Waals surface area contributed by atoms with Gasteiger partial charge in [0.25, 0.3) is 0 Å². The van der Waals surface area contributed by atoms with Crippen molar-refractivity contribution in [3.63, 3.8) is 0 Å². The molecule has 1 unspecified atom stereocenters. The number of ether oxygens (including phenoxy) is 1. The summed E-state index contributed by atoms with van der Waals surface area (Å²) in [4.78, 5) is 12.0. The lowest BCUT2D eigenvalue weighted by atomic mass is 10.0. The molecule has 1 aromatic rings. The first-order valence-electron chi connectivity index (χ1n) is 6.78. The van der Waals surface area contributed by atoms with Crippen molar-refractivity contribution in [3.05, 3.63) is 35.4 Å². The van der Waals surface area contributed by atoms with Crippen molar-refractivity contribution in [3.8, 4) is 0 Å². The zero-order chi connectivity index (χ0) is 13.7. The van der Waals surface area contributed by atoms with Gasteiger partial charge in [-0.2, -0.15) is 0 Å². The number of nitrogens with one attached hydrogen (secondary N) is 2. The van der Waals surface area contributed by atoms with Crippen molar-refractivity contribution in [1.82, 2.24) is 10.6 Å². The quantitative estimate of drug-likeness (QED) is 0.833. The van der Waals surface area contributed by atoms with E-state index in [2.05, 4.69) is 29.7 Å². The lowest BCUT2D eigenvalue weighted by Crippen LogP contribution is -2.43. The first-order chi connectivity index (χ1) is 9.20. The molecule has 1 fully saturated rings. The number of hydrogen-bond donors (Lipinski definition) is 2. The van der Waals surface area contributed by atoms with Crippen LogP contribution >= 0.6 is 0 Å². The van der Waals surface area contributed by atoms with Crippen LogP contribution in [0.15, 0.2) is 24.3 Å². The molecule has 104 valence electrons. The number of benzene rings is 1. The van der Waals surface area contributed by atoms with E-state index in [0.29, 0.717) is 6.42 Å². The van der Waals surface area contributed by atoms with E-state index >= 15 is 0 Å². The van der Waals surface area contributed by atoms with Crippen LogP contribution in [-0.4, -0.2) is 38.3 Å². The molecule has 2 atom stereocenters. The molecule has 1 saturated heterocycles. The van der Waals surface area contributed by atoms with Crippen molar-refractivity contribution >= 4 is 5.91 Å². The fourth-order valence-electron chi connectivity index (χ4n) is 2.46. The Kier molecular flexibility index (Phi) is 4.93. The van der Waals surface area contributed by atoms with Crippen molar-refractivity contribution in [2.45, 2.75) is 31.9 Å². The van der Waals surface area contributed by atoms with E-state index in [9.17, 15) is 4.79 Å². The molecule has 2 N–H and O–H groups in total. The van der Waals surface area contributed by atoms with E-state index in [1.165, 1.54) is 11.1 Å². The van der Waals surface area contributed by atoms with Crippen molar-refractivity contribution in [2.75, 3.05) is 20.2 Å². The maximum atomic E-state index is 12.0. The minimum atomic E-state index is 0.0856. The van der Waals surface area contributed by atoms with Crippen LogP contribution in [0.1, 0.15) is 17.5 Å². The molecule has 1 heterocycles. The van der Waals surface area contributed by atoms with Gasteiger partial charge in [-0.05, 0) is 24.5 Å². The Morgan fingerprint density at radius 2 is 2.21 bits per heavy atom. The van der Waals surface area contributed by atoms with Crippen molar-refractivity contribution in [1.29, 1.82) is 0 Å². The highest BCUT2D eigenvalue weighted by atomic mass is 16.5. The van der Waals surface area contributed by atoms with Crippen molar-refractivity contribution in [2.24, 2.45) is 0 Å². The Morgan fingerprint density at radius 3 is 2.95 bits per heavy atom. The Morgan fingerprint density at radius 1 is 1.42 bits per heavy atom. The Balaban J connectivity index is 1.80. The standard InChI is InChI=1S/C15H22N2O2/c1-11-5-3-4-6-12(11)7-8-15(18)17-13-9-16-10-14(13)19-2/h3-6,13-14,16H,7-10H2,1-2H3,(H,17,18)/t13?,14-/m0/s1. The van der Waals surface area contributed by atoms with Crippen molar-refractivity contribution < 1.29 is 9.53 Å². The maximum absolute atomic E-state index is 12.0. The summed E-state index contributed by atoms with van der Waals surface area (Å²) < 4.78 is 5.33. The van der Waals surface area contributed by atoms with Gasteiger partial charge in [-0.25, -0.2) is 0 Å². The molecule has 1 amide bonds. The predicted molar refractivity (Wildman–Crippen MR) is 75.1 cm³/mol. The molecule has 19 heavy (non-hydrogen) atoms. The zero-order valence-electron chi connectivity index (χ0n) is 11.6. The first kappa shape index (κ1) is 14.0. The van der Waals surface area contributed by atoms with E-state index in [0.717, 1.165) is 19.5 Å². The van der Waals surface area contributed by atoms with Crippen LogP contribution in [0.3, 0.4) is 0 Å². The number of amides is 1. The molecule has 4 nitrogen and oxygen atoms in total. The molecule has 0 aromatic heterocycles. The third-order valence-electron chi connectivity index (χ3n) is 3.69. The summed E-state index contributed by atoms with van der Waals surface area (Å²) in [6, 6.07) is 8.29. The second kappa shape index (κ2) is 6.68. The molecule has 1 aliphatic heterocycles. The van der Waals surface area contributed by atoms with Gasteiger partial charge < -0.3 is 15.4 Å². The predicted octanol–water partition coefficient (Wildman–Crippen LogP) is 1.03. The Hall–Kier alpha value is -1.39. The van der Waals surface area contributed by atoms with Gasteiger partial charge >= 0.3 is 0 Å². The number of carbonyl (C=O) groups excluding carboxylic acids is 1. The Labute approximate surface area is 114 Å². The maximum Gasteiger partial charge on any atom is 0.220 e. The normalized spacial score (nSPS) is 22.4. The highest BCUT2D eigenvalue weighted by Gasteiger charge is 2.27. The SMILES string of the molecule is CO[C@H]1CNCC1NC(=O)CCc1ccccc1C. The summed E-state index contributed by atoms with van der Waals surface area (Å²) in [5.41, 5.74) is 2.48. The van der Waals surface area contributed by atoms with Crippen LogP contribution in [0.25, 0.3) is 0 Å². The lowest BCUT2D eigenvalue weighted by molar-refractivity contribution is -0.122. The summed E-state index contributed by atoms with van der Waals surface area (Å²) in [7, 11) is 1.68. The first-order valence-corrected chi connectivity index (χ1v) is 6.78. The third-order valence-corrected chi connectivity index (χ3v) is 3.69. The molecule has 0 saturated carbocycles. The van der Waals surface area contributed by atoms with Gasteiger partial charge in [-0.1, -0.05) is 24.3 Å². The highest BCUT2D eigenvalue weighted by molar-refractivity contribution is 5.76. The lowest BCUT2D eigenvalue weighted by Gasteiger charge is -2.18. The van der Waals surface area contributed by atoms with Gasteiger partial charge in [-0.3, -0.25) is 4.79 Å². The second-order valence-electron chi connectivity index (χ2n) is 5.03. The van der Waals surface area contributed by atoms with Gasteiger partial charge in [0, 0.05) is 26.6 Å². The monoisotopic (exact) mass is 262 g/mol. The molecule has 0 radical (unpaired) electrons. The second-order valence-corrected chi connectivity index (χ2v) is 5.03. The van der Waals surface area contributed by atoms with Crippen LogP contribution in [0, 0.1) is 6.92 Å². The van der Waals surface area contributed by atoms with E-state index in [1.807, 2.05) is 12.1 Å². The number of hydrogen-bond acceptors (Lipinski definition) is 3. The summed E-state index contributed by atoms with van der Waals surface area (Å²) in [6.45, 7) is 3.67. The van der Waals surface area contributed by atoms with Crippen LogP contribution in [0.2, 0.25) is 0 Å². The van der Waals surface area contributed by atoms with Crippen LogP contribution in [0.5, 0.6) is 0 Å². The molecule has 1 aliphatic rings. The minimum absolute atomic E-state index is 0.0856. The van der Waals surface area contributed by atoms with Gasteiger partial charge in [0.1, 0.15) is 0 Å². The molecule has 0 spiro atoms. The average Bonchev–Trinajstić information content (AvgIpc) is 2.85. The summed E-state index contributed by atoms with van der Waals surface area (Å²) in [5, 5.41) is 6.27. The Bertz CT molecular complexity index is 434. The molecule has 4 heteroatoms. The largest absolute Gasteiger partial charge is 0.378 e.